The summed E-state index contributed by atoms with van der Waals surface area (Å²) >= 11 is 0. The van der Waals surface area contributed by atoms with Crippen molar-refractivity contribution in [2.75, 3.05) is 13.1 Å². The average molecular weight is 244 g/mol. The highest BCUT2D eigenvalue weighted by molar-refractivity contribution is 5.70. The van der Waals surface area contributed by atoms with Crippen molar-refractivity contribution in [1.29, 1.82) is 0 Å². The Morgan fingerprint density at radius 1 is 1.41 bits per heavy atom. The van der Waals surface area contributed by atoms with Crippen LogP contribution < -0.4 is 5.32 Å². The van der Waals surface area contributed by atoms with Crippen molar-refractivity contribution in [2.24, 2.45) is 0 Å². The van der Waals surface area contributed by atoms with E-state index in [1.165, 1.54) is 4.90 Å². The molecule has 2 N–H and O–H groups in total. The lowest BCUT2D eigenvalue weighted by Crippen LogP contribution is -2.50. The number of nitrogens with one attached hydrogen (secondary N) is 1. The first kappa shape index (κ1) is 13.6. The Morgan fingerprint density at radius 3 is 2.41 bits per heavy atom. The van der Waals surface area contributed by atoms with Crippen LogP contribution in [0.1, 0.15) is 34.1 Å². The normalized spacial score (nSPS) is 24.6. The van der Waals surface area contributed by atoms with Crippen molar-refractivity contribution in [3.8, 4) is 0 Å². The standard InChI is InChI=1S/C11H20N2O4/c1-10(2,3)17-8(14)12-11(4)5-6-13(7-11)9(15)16/h5-7H2,1-4H3,(H,12,14)(H,15,16)/t11-/m0/s1. The molecule has 1 atom stereocenters. The van der Waals surface area contributed by atoms with Gasteiger partial charge in [0.1, 0.15) is 5.60 Å². The first-order chi connectivity index (χ1) is 7.61. The molecule has 2 amide bonds. The molecule has 0 bridgehead atoms. The molecule has 0 saturated carbocycles. The molecule has 17 heavy (non-hydrogen) atoms. The number of ether oxygens (including phenoxy) is 1. The number of alkyl carbamates (subject to hydrolysis) is 1. The lowest BCUT2D eigenvalue weighted by Gasteiger charge is -2.28. The van der Waals surface area contributed by atoms with Crippen molar-refractivity contribution < 1.29 is 19.4 Å². The van der Waals surface area contributed by atoms with Gasteiger partial charge in [0.15, 0.2) is 0 Å². The summed E-state index contributed by atoms with van der Waals surface area (Å²) in [5.41, 5.74) is -1.09. The number of rotatable bonds is 1. The predicted molar refractivity (Wildman–Crippen MR) is 62.0 cm³/mol. The van der Waals surface area contributed by atoms with Crippen LogP contribution in [0.25, 0.3) is 0 Å². The second-order valence-corrected chi connectivity index (χ2v) is 5.64. The van der Waals surface area contributed by atoms with Gasteiger partial charge in [-0.25, -0.2) is 9.59 Å². The Balaban J connectivity index is 2.52. The Bertz CT molecular complexity index is 324. The molecule has 0 aromatic carbocycles. The molecule has 1 saturated heterocycles. The minimum atomic E-state index is -0.959. The summed E-state index contributed by atoms with van der Waals surface area (Å²) < 4.78 is 5.14. The Hall–Kier alpha value is -1.46. The van der Waals surface area contributed by atoms with Crippen LogP contribution in [0.2, 0.25) is 0 Å². The summed E-state index contributed by atoms with van der Waals surface area (Å²) in [7, 11) is 0. The van der Waals surface area contributed by atoms with E-state index >= 15 is 0 Å². The number of likely N-dealkylation sites (tertiary alicyclic amines) is 1. The highest BCUT2D eigenvalue weighted by Gasteiger charge is 2.38. The van der Waals surface area contributed by atoms with E-state index in [1.807, 2.05) is 6.92 Å². The molecular formula is C11H20N2O4. The van der Waals surface area contributed by atoms with Gasteiger partial charge in [0, 0.05) is 13.1 Å². The fraction of sp³-hybridized carbons (Fsp3) is 0.818. The van der Waals surface area contributed by atoms with E-state index in [0.717, 1.165) is 0 Å². The summed E-state index contributed by atoms with van der Waals surface area (Å²) in [6, 6.07) is 0. The Morgan fingerprint density at radius 2 is 2.00 bits per heavy atom. The molecule has 0 spiro atoms. The summed E-state index contributed by atoms with van der Waals surface area (Å²) in [5.74, 6) is 0. The van der Waals surface area contributed by atoms with Crippen LogP contribution in [0.15, 0.2) is 0 Å². The summed E-state index contributed by atoms with van der Waals surface area (Å²) in [5, 5.41) is 11.6. The van der Waals surface area contributed by atoms with E-state index < -0.39 is 23.3 Å². The van der Waals surface area contributed by atoms with E-state index in [2.05, 4.69) is 5.32 Å². The van der Waals surface area contributed by atoms with Crippen LogP contribution >= 0.6 is 0 Å². The summed E-state index contributed by atoms with van der Waals surface area (Å²) in [6.07, 6.45) is -0.870. The van der Waals surface area contributed by atoms with Crippen LogP contribution in [0, 0.1) is 0 Å². The number of nitrogens with zero attached hydrogens (tertiary/aromatic N) is 1. The first-order valence-electron chi connectivity index (χ1n) is 5.60. The molecule has 1 heterocycles. The molecule has 0 aromatic rings. The molecular weight excluding hydrogens is 224 g/mol. The lowest BCUT2D eigenvalue weighted by molar-refractivity contribution is 0.0465. The Kier molecular flexibility index (Phi) is 3.54. The van der Waals surface area contributed by atoms with Gasteiger partial charge in [-0.05, 0) is 34.1 Å². The van der Waals surface area contributed by atoms with Gasteiger partial charge < -0.3 is 20.1 Å². The van der Waals surface area contributed by atoms with Crippen molar-refractivity contribution in [1.82, 2.24) is 10.2 Å². The maximum atomic E-state index is 11.6. The smallest absolute Gasteiger partial charge is 0.408 e. The molecule has 6 heteroatoms. The molecule has 1 aliphatic rings. The zero-order valence-corrected chi connectivity index (χ0v) is 10.7. The van der Waals surface area contributed by atoms with Crippen LogP contribution in [0.5, 0.6) is 0 Å². The highest BCUT2D eigenvalue weighted by atomic mass is 16.6. The number of hydrogen-bond donors (Lipinski definition) is 2. The van der Waals surface area contributed by atoms with Gasteiger partial charge in [-0.1, -0.05) is 0 Å². The number of carboxylic acid groups (broad SMARTS) is 1. The van der Waals surface area contributed by atoms with Crippen molar-refractivity contribution in [2.45, 2.75) is 45.3 Å². The molecule has 1 rings (SSSR count). The number of amides is 2. The molecule has 1 aliphatic heterocycles. The van der Waals surface area contributed by atoms with E-state index in [4.69, 9.17) is 9.84 Å². The fourth-order valence-electron chi connectivity index (χ4n) is 1.78. The van der Waals surface area contributed by atoms with Crippen molar-refractivity contribution in [3.05, 3.63) is 0 Å². The van der Waals surface area contributed by atoms with Crippen LogP contribution in [0.3, 0.4) is 0 Å². The van der Waals surface area contributed by atoms with Gasteiger partial charge >= 0.3 is 12.2 Å². The fourth-order valence-corrected chi connectivity index (χ4v) is 1.78. The van der Waals surface area contributed by atoms with Crippen LogP contribution in [-0.4, -0.2) is 46.4 Å². The third-order valence-corrected chi connectivity index (χ3v) is 2.55. The van der Waals surface area contributed by atoms with Crippen LogP contribution in [0.4, 0.5) is 9.59 Å². The molecule has 1 fully saturated rings. The molecule has 6 nitrogen and oxygen atoms in total. The van der Waals surface area contributed by atoms with Gasteiger partial charge in [-0.3, -0.25) is 0 Å². The SMILES string of the molecule is CC(C)(C)OC(=O)N[C@@]1(C)CCN(C(=O)O)C1. The maximum absolute atomic E-state index is 11.6. The zero-order chi connectivity index (χ0) is 13.3. The number of carbonyl (C=O) groups is 2. The summed E-state index contributed by atoms with van der Waals surface area (Å²) in [4.78, 5) is 23.7. The van der Waals surface area contributed by atoms with Gasteiger partial charge in [0.2, 0.25) is 0 Å². The molecule has 0 aliphatic carbocycles. The van der Waals surface area contributed by atoms with E-state index in [0.29, 0.717) is 19.5 Å². The first-order valence-corrected chi connectivity index (χ1v) is 5.60. The maximum Gasteiger partial charge on any atom is 0.408 e. The molecule has 0 radical (unpaired) electrons. The number of carbonyl (C=O) groups excluding carboxylic acids is 1. The average Bonchev–Trinajstić information content (AvgIpc) is 2.43. The van der Waals surface area contributed by atoms with Gasteiger partial charge in [-0.15, -0.1) is 0 Å². The second-order valence-electron chi connectivity index (χ2n) is 5.64. The van der Waals surface area contributed by atoms with Crippen LogP contribution in [-0.2, 0) is 4.74 Å². The largest absolute Gasteiger partial charge is 0.465 e. The molecule has 98 valence electrons. The van der Waals surface area contributed by atoms with Gasteiger partial charge in [0.05, 0.1) is 5.54 Å². The third-order valence-electron chi connectivity index (χ3n) is 2.55. The van der Waals surface area contributed by atoms with Gasteiger partial charge in [0.25, 0.3) is 0 Å². The second kappa shape index (κ2) is 4.43. The highest BCUT2D eigenvalue weighted by Crippen LogP contribution is 2.21. The quantitative estimate of drug-likeness (QED) is 0.735. The van der Waals surface area contributed by atoms with E-state index in [-0.39, 0.29) is 0 Å². The molecule has 0 unspecified atom stereocenters. The summed E-state index contributed by atoms with van der Waals surface area (Å²) in [6.45, 7) is 7.90. The monoisotopic (exact) mass is 244 g/mol. The third kappa shape index (κ3) is 4.13. The number of hydrogen-bond acceptors (Lipinski definition) is 3. The van der Waals surface area contributed by atoms with E-state index in [9.17, 15) is 9.59 Å². The lowest BCUT2D eigenvalue weighted by atomic mass is 10.0. The topological polar surface area (TPSA) is 78.9 Å². The van der Waals surface area contributed by atoms with E-state index in [1.54, 1.807) is 20.8 Å². The zero-order valence-electron chi connectivity index (χ0n) is 10.7. The minimum Gasteiger partial charge on any atom is -0.465 e. The predicted octanol–water partition coefficient (Wildman–Crippen LogP) is 1.65. The van der Waals surface area contributed by atoms with Crippen molar-refractivity contribution >= 4 is 12.2 Å². The molecule has 0 aromatic heterocycles. The van der Waals surface area contributed by atoms with Crippen molar-refractivity contribution in [3.63, 3.8) is 0 Å². The Labute approximate surface area is 101 Å². The van der Waals surface area contributed by atoms with Gasteiger partial charge in [-0.2, -0.15) is 0 Å². The minimum absolute atomic E-state index is 0.293.